The molecule has 5 nitrogen and oxygen atoms in total. The number of Topliss-reactive ketones (excluding diaryl/α,β-unsaturated/α-hetero) is 1. The summed E-state index contributed by atoms with van der Waals surface area (Å²) in [5.41, 5.74) is 1.91. The van der Waals surface area contributed by atoms with Crippen LogP contribution in [-0.4, -0.2) is 14.2 Å². The Labute approximate surface area is 184 Å². The topological polar surface area (TPSA) is 66.5 Å². The maximum absolute atomic E-state index is 13.4. The molecular formula is C22H16Cl2N2O3S. The van der Waals surface area contributed by atoms with Crippen LogP contribution in [0.15, 0.2) is 83.9 Å². The second-order valence-corrected chi connectivity index (χ2v) is 9.30. The summed E-state index contributed by atoms with van der Waals surface area (Å²) in [7, 11) is -4.10. The number of sulfonamides is 1. The van der Waals surface area contributed by atoms with Gasteiger partial charge >= 0.3 is 0 Å². The number of halogens is 2. The summed E-state index contributed by atoms with van der Waals surface area (Å²) < 4.78 is 28.0. The van der Waals surface area contributed by atoms with Crippen molar-refractivity contribution in [3.05, 3.63) is 105 Å². The molecular weight excluding hydrogens is 443 g/mol. The van der Waals surface area contributed by atoms with Gasteiger partial charge in [-0.3, -0.25) is 9.10 Å². The molecule has 1 N–H and O–H groups in total. The number of anilines is 2. The molecule has 3 aromatic rings. The molecule has 0 aromatic heterocycles. The Bertz CT molecular complexity index is 1260. The van der Waals surface area contributed by atoms with E-state index in [4.69, 9.17) is 23.2 Å². The summed E-state index contributed by atoms with van der Waals surface area (Å²) in [4.78, 5) is 12.7. The predicted octanol–water partition coefficient (Wildman–Crippen LogP) is 5.48. The highest BCUT2D eigenvalue weighted by Gasteiger charge is 2.40. The van der Waals surface area contributed by atoms with Crippen molar-refractivity contribution >= 4 is 50.4 Å². The summed E-state index contributed by atoms with van der Waals surface area (Å²) in [5, 5.41) is 3.59. The molecule has 30 heavy (non-hydrogen) atoms. The van der Waals surface area contributed by atoms with E-state index in [0.717, 1.165) is 5.56 Å². The Hall–Kier alpha value is -2.80. The van der Waals surface area contributed by atoms with Crippen LogP contribution in [0.2, 0.25) is 10.0 Å². The van der Waals surface area contributed by atoms with Gasteiger partial charge in [-0.25, -0.2) is 8.42 Å². The van der Waals surface area contributed by atoms with E-state index in [1.165, 1.54) is 16.6 Å². The number of fused-ring (bicyclic) bond motifs is 1. The summed E-state index contributed by atoms with van der Waals surface area (Å²) >= 11 is 12.1. The smallest absolute Gasteiger partial charge is 0.270 e. The number of carbonyl (C=O) groups is 1. The fourth-order valence-electron chi connectivity index (χ4n) is 3.19. The van der Waals surface area contributed by atoms with Crippen LogP contribution >= 0.6 is 23.2 Å². The third-order valence-corrected chi connectivity index (χ3v) is 6.98. The monoisotopic (exact) mass is 458 g/mol. The Balaban J connectivity index is 1.78. The number of nitrogens with zero attached hydrogens (tertiary/aromatic N) is 1. The Morgan fingerprint density at radius 3 is 2.37 bits per heavy atom. The van der Waals surface area contributed by atoms with Crippen LogP contribution in [0.4, 0.5) is 11.4 Å². The predicted molar refractivity (Wildman–Crippen MR) is 120 cm³/mol. The number of nitrogens with one attached hydrogen (secondary N) is 1. The van der Waals surface area contributed by atoms with Crippen LogP contribution < -0.4 is 9.62 Å². The van der Waals surface area contributed by atoms with Crippen LogP contribution in [0.3, 0.4) is 0 Å². The second-order valence-electron chi connectivity index (χ2n) is 6.62. The second kappa shape index (κ2) is 8.14. The average Bonchev–Trinajstić information content (AvgIpc) is 2.73. The number of hydrogen-bond donors (Lipinski definition) is 1. The maximum atomic E-state index is 13.4. The van der Waals surface area contributed by atoms with Gasteiger partial charge in [0, 0.05) is 16.8 Å². The van der Waals surface area contributed by atoms with Gasteiger partial charge in [0.05, 0.1) is 22.9 Å². The highest BCUT2D eigenvalue weighted by molar-refractivity contribution is 7.97. The summed E-state index contributed by atoms with van der Waals surface area (Å²) in [5.74, 6) is -0.576. The van der Waals surface area contributed by atoms with Crippen LogP contribution in [0, 0.1) is 0 Å². The zero-order valence-electron chi connectivity index (χ0n) is 15.5. The van der Waals surface area contributed by atoms with Crippen molar-refractivity contribution in [2.24, 2.45) is 0 Å². The third-order valence-electron chi connectivity index (χ3n) is 4.67. The van der Waals surface area contributed by atoms with Gasteiger partial charge in [-0.15, -0.1) is 0 Å². The molecule has 0 bridgehead atoms. The van der Waals surface area contributed by atoms with Crippen molar-refractivity contribution in [1.29, 1.82) is 0 Å². The fraction of sp³-hybridized carbons (Fsp3) is 0.0455. The van der Waals surface area contributed by atoms with Crippen molar-refractivity contribution in [1.82, 2.24) is 0 Å². The van der Waals surface area contributed by atoms with Gasteiger partial charge in [-0.1, -0.05) is 65.7 Å². The first-order valence-electron chi connectivity index (χ1n) is 9.00. The first-order chi connectivity index (χ1) is 14.4. The first-order valence-corrected chi connectivity index (χ1v) is 11.2. The van der Waals surface area contributed by atoms with Crippen molar-refractivity contribution in [3.63, 3.8) is 0 Å². The van der Waals surface area contributed by atoms with Crippen LogP contribution in [0.25, 0.3) is 0 Å². The lowest BCUT2D eigenvalue weighted by molar-refractivity contribution is 0.104. The molecule has 0 radical (unpaired) electrons. The Morgan fingerprint density at radius 1 is 0.933 bits per heavy atom. The van der Waals surface area contributed by atoms with E-state index in [-0.39, 0.29) is 11.4 Å². The standard InChI is InChI=1S/C22H16Cl2N2O3S/c23-16-10-11-19(18(24)12-16)25-13-21-22(27)17-8-4-5-9-20(17)26(30(21,28)29)14-15-6-2-1-3-7-15/h1-13,25H,14H2/b21-13-. The maximum Gasteiger partial charge on any atom is 0.270 e. The van der Waals surface area contributed by atoms with Gasteiger partial charge in [0.1, 0.15) is 0 Å². The van der Waals surface area contributed by atoms with Gasteiger partial charge in [-0.2, -0.15) is 0 Å². The van der Waals surface area contributed by atoms with Gasteiger partial charge in [-0.05, 0) is 35.9 Å². The molecule has 0 saturated carbocycles. The number of rotatable bonds is 4. The molecule has 4 rings (SSSR count). The normalized spacial score (nSPS) is 16.4. The lowest BCUT2D eigenvalue weighted by Crippen LogP contribution is -2.39. The third kappa shape index (κ3) is 3.81. The van der Waals surface area contributed by atoms with E-state index in [1.807, 2.05) is 30.3 Å². The molecule has 1 aliphatic heterocycles. The van der Waals surface area contributed by atoms with Crippen molar-refractivity contribution in [2.75, 3.05) is 9.62 Å². The number of ketones is 1. The minimum Gasteiger partial charge on any atom is -0.359 e. The molecule has 0 aliphatic carbocycles. The van der Waals surface area contributed by atoms with E-state index in [9.17, 15) is 13.2 Å². The van der Waals surface area contributed by atoms with Crippen molar-refractivity contribution in [2.45, 2.75) is 6.54 Å². The van der Waals surface area contributed by atoms with Crippen LogP contribution in [0.1, 0.15) is 15.9 Å². The largest absolute Gasteiger partial charge is 0.359 e. The van der Waals surface area contributed by atoms with Gasteiger partial charge in [0.15, 0.2) is 4.91 Å². The number of para-hydroxylation sites is 1. The van der Waals surface area contributed by atoms with Crippen molar-refractivity contribution in [3.8, 4) is 0 Å². The zero-order chi connectivity index (χ0) is 21.3. The van der Waals surface area contributed by atoms with E-state index in [0.29, 0.717) is 27.0 Å². The van der Waals surface area contributed by atoms with Gasteiger partial charge < -0.3 is 5.32 Å². The molecule has 0 amide bonds. The molecule has 152 valence electrons. The molecule has 0 saturated heterocycles. The van der Waals surface area contributed by atoms with E-state index >= 15 is 0 Å². The zero-order valence-corrected chi connectivity index (χ0v) is 17.9. The molecule has 1 aliphatic rings. The Kier molecular flexibility index (Phi) is 5.56. The van der Waals surface area contributed by atoms with E-state index in [1.54, 1.807) is 36.4 Å². The highest BCUT2D eigenvalue weighted by atomic mass is 35.5. The highest BCUT2D eigenvalue weighted by Crippen LogP contribution is 2.36. The van der Waals surface area contributed by atoms with Gasteiger partial charge in [0.2, 0.25) is 5.78 Å². The molecule has 0 atom stereocenters. The number of hydrogen-bond acceptors (Lipinski definition) is 4. The quantitative estimate of drug-likeness (QED) is 0.525. The molecule has 0 unspecified atom stereocenters. The minimum absolute atomic E-state index is 0.104. The number of benzene rings is 3. The molecule has 1 heterocycles. The van der Waals surface area contributed by atoms with Gasteiger partial charge in [0.25, 0.3) is 10.0 Å². The number of allylic oxidation sites excluding steroid dienone is 1. The summed E-state index contributed by atoms with van der Waals surface area (Å²) in [6.07, 6.45) is 1.18. The van der Waals surface area contributed by atoms with Crippen LogP contribution in [0.5, 0.6) is 0 Å². The number of carbonyl (C=O) groups excluding carboxylic acids is 1. The molecule has 3 aromatic carbocycles. The van der Waals surface area contributed by atoms with E-state index in [2.05, 4.69) is 5.32 Å². The van der Waals surface area contributed by atoms with Crippen LogP contribution in [-0.2, 0) is 16.6 Å². The summed E-state index contributed by atoms with van der Waals surface area (Å²) in [6.45, 7) is 0.104. The lowest BCUT2D eigenvalue weighted by Gasteiger charge is -2.31. The Morgan fingerprint density at radius 2 is 1.63 bits per heavy atom. The molecule has 0 spiro atoms. The fourth-order valence-corrected chi connectivity index (χ4v) is 5.18. The minimum atomic E-state index is -4.10. The first kappa shape index (κ1) is 20.5. The van der Waals surface area contributed by atoms with Crippen molar-refractivity contribution < 1.29 is 13.2 Å². The average molecular weight is 459 g/mol. The molecule has 0 fully saturated rings. The lowest BCUT2D eigenvalue weighted by atomic mass is 10.1. The summed E-state index contributed by atoms with van der Waals surface area (Å²) in [6, 6.07) is 20.6. The SMILES string of the molecule is O=C1/C(=C/Nc2ccc(Cl)cc2Cl)S(=O)(=O)N(Cc2ccccc2)c2ccccc21. The van der Waals surface area contributed by atoms with E-state index < -0.39 is 15.8 Å². The molecule has 8 heteroatoms.